The van der Waals surface area contributed by atoms with Gasteiger partial charge in [0.1, 0.15) is 40.7 Å². The lowest BCUT2D eigenvalue weighted by atomic mass is 9.85. The highest BCUT2D eigenvalue weighted by Gasteiger charge is 2.45. The molecular weight excluding hydrogens is 1470 g/mol. The number of hydrogen-bond acceptors (Lipinski definition) is 22. The van der Waals surface area contributed by atoms with Gasteiger partial charge in [0.05, 0.1) is 76.8 Å². The normalized spacial score (nSPS) is 17.0. The van der Waals surface area contributed by atoms with Gasteiger partial charge in [-0.05, 0) is 108 Å². The highest BCUT2D eigenvalue weighted by molar-refractivity contribution is 7.90. The summed E-state index contributed by atoms with van der Waals surface area (Å²) in [4.78, 5) is 100. The van der Waals surface area contributed by atoms with Crippen LogP contribution in [0.2, 0.25) is 5.02 Å². The van der Waals surface area contributed by atoms with Crippen molar-refractivity contribution in [2.75, 3.05) is 122 Å². The quantitative estimate of drug-likeness (QED) is 0.0112. The van der Waals surface area contributed by atoms with Crippen molar-refractivity contribution in [3.63, 3.8) is 0 Å². The summed E-state index contributed by atoms with van der Waals surface area (Å²) in [5.41, 5.74) is 7.95. The maximum atomic E-state index is 14.2. The zero-order chi connectivity index (χ0) is 77.5. The van der Waals surface area contributed by atoms with Gasteiger partial charge in [-0.3, -0.25) is 39.0 Å². The van der Waals surface area contributed by atoms with E-state index in [0.717, 1.165) is 87.2 Å². The molecule has 4 aliphatic heterocycles. The van der Waals surface area contributed by atoms with Crippen molar-refractivity contribution in [2.45, 2.75) is 96.0 Å². The number of nitro benzene ring substituents is 1. The fourth-order valence-electron chi connectivity index (χ4n) is 13.9. The van der Waals surface area contributed by atoms with E-state index in [1.807, 2.05) is 94.4 Å². The molecule has 110 heavy (non-hydrogen) atoms. The highest BCUT2D eigenvalue weighted by Crippen LogP contribution is 2.38. The average Bonchev–Trinajstić information content (AvgIpc) is 1.05. The summed E-state index contributed by atoms with van der Waals surface area (Å²) < 4.78 is 59.8. The summed E-state index contributed by atoms with van der Waals surface area (Å²) in [6.45, 7) is 16.2. The van der Waals surface area contributed by atoms with Crippen molar-refractivity contribution in [3.05, 3.63) is 171 Å². The Balaban J connectivity index is 0.567. The predicted molar refractivity (Wildman–Crippen MR) is 418 cm³/mol. The lowest BCUT2D eigenvalue weighted by Crippen LogP contribution is -2.57. The lowest BCUT2D eigenvalue weighted by Gasteiger charge is -2.39. The number of aromatic nitrogens is 3. The number of nitrogens with one attached hydrogen (secondary N) is 6. The first kappa shape index (κ1) is 79.9. The molecule has 5 amide bonds. The number of aliphatic hydroxyl groups excluding tert-OH is 1. The smallest absolute Gasteiger partial charge is 0.293 e. The van der Waals surface area contributed by atoms with E-state index < -0.39 is 66.9 Å². The number of rotatable bonds is 34. The zero-order valence-corrected chi connectivity index (χ0v) is 64.4. The summed E-state index contributed by atoms with van der Waals surface area (Å²) in [5.74, 6) is -0.746. The molecule has 3 aromatic heterocycles. The van der Waals surface area contributed by atoms with Gasteiger partial charge in [-0.25, -0.2) is 23.1 Å². The number of piperazine rings is 1. The summed E-state index contributed by atoms with van der Waals surface area (Å²) in [6.07, 6.45) is 4.14. The number of aryl methyl sites for hydroxylation is 1. The summed E-state index contributed by atoms with van der Waals surface area (Å²) in [6, 6.07) is 31.8. The van der Waals surface area contributed by atoms with E-state index in [-0.39, 0.29) is 99.4 Å². The minimum absolute atomic E-state index is 0.0278. The van der Waals surface area contributed by atoms with Crippen LogP contribution in [-0.4, -0.2) is 208 Å². The van der Waals surface area contributed by atoms with Crippen LogP contribution >= 0.6 is 22.9 Å². The summed E-state index contributed by atoms with van der Waals surface area (Å²) in [7, 11) is -4.64. The maximum absolute atomic E-state index is 14.2. The van der Waals surface area contributed by atoms with Crippen LogP contribution in [0.25, 0.3) is 32.6 Å². The van der Waals surface area contributed by atoms with Gasteiger partial charge in [0.2, 0.25) is 23.6 Å². The van der Waals surface area contributed by atoms with Crippen LogP contribution in [0.5, 0.6) is 17.2 Å². The summed E-state index contributed by atoms with van der Waals surface area (Å²) >= 11 is 7.94. The third kappa shape index (κ3) is 21.1. The number of carbonyl (C=O) groups excluding carboxylic acids is 5. The topological polar surface area (TPSA) is 344 Å². The van der Waals surface area contributed by atoms with Crippen LogP contribution in [0.15, 0.2) is 138 Å². The predicted octanol–water partition coefficient (Wildman–Crippen LogP) is 9.34. The molecule has 7 N–H and O–H groups in total. The van der Waals surface area contributed by atoms with Gasteiger partial charge in [-0.15, -0.1) is 11.3 Å². The second kappa shape index (κ2) is 36.9. The number of carbonyl (C=O) groups is 5. The fourth-order valence-corrected chi connectivity index (χ4v) is 15.9. The lowest BCUT2D eigenvalue weighted by molar-refractivity contribution is -0.384. The van der Waals surface area contributed by atoms with E-state index in [0.29, 0.717) is 88.6 Å². The second-order valence-corrected chi connectivity index (χ2v) is 32.2. The minimum atomic E-state index is -4.64. The standard InChI is InChI=1S/C79H94ClN13O15S2/c1-51-73(109-50-86-51)56-10-8-52(9-11-56)43-85-77(98)68-40-60(94)47-92(68)78(99)74(79(2,3)4)87-72(96)24-35-106-37-36-105-34-23-71(95)81-26-27-90-45-54(46-90)49-107-69-7-5-6-63(55-12-14-58(80)15-13-55)65(69)48-89-28-30-91(31-29-89)59-16-18-64(70(39-59)108-61-38-57-20-25-82-75(57)84-44-61)76(97)88-110(102,103)62-17-19-66(67(41-62)93(100)101)83-42-53-21-32-104-33-22-53/h5-20,25,38-39,41,44,50,53-54,60,68,74,83,94H,21-24,26-37,40,42-43,45-49H2,1-4H3,(H,81,95)(H,82,84)(H,85,98)(H,87,96)(H,88,97)/t60-,68+,74-/m1/s1. The van der Waals surface area contributed by atoms with E-state index in [9.17, 15) is 47.6 Å². The van der Waals surface area contributed by atoms with Gasteiger partial charge in [0.25, 0.3) is 21.6 Å². The molecule has 0 radical (unpaired) electrons. The van der Waals surface area contributed by atoms with Gasteiger partial charge in [-0.2, -0.15) is 0 Å². The molecule has 0 spiro atoms. The number of thiazole rings is 1. The third-order valence-corrected chi connectivity index (χ3v) is 22.7. The van der Waals surface area contributed by atoms with Crippen molar-refractivity contribution in [2.24, 2.45) is 17.3 Å². The number of pyridine rings is 1. The van der Waals surface area contributed by atoms with Crippen molar-refractivity contribution in [1.82, 2.24) is 50.3 Å². The molecule has 3 atom stereocenters. The Hall–Kier alpha value is -9.63. The number of ether oxygens (including phenoxy) is 5. The molecule has 0 aliphatic carbocycles. The highest BCUT2D eigenvalue weighted by atomic mass is 35.5. The number of sulfonamides is 1. The molecule has 0 saturated carbocycles. The van der Waals surface area contributed by atoms with Gasteiger partial charge >= 0.3 is 0 Å². The fraction of sp³-hybridized carbons (Fsp3) is 0.430. The summed E-state index contributed by atoms with van der Waals surface area (Å²) in [5, 5.41) is 36.1. The largest absolute Gasteiger partial charge is 0.493 e. The number of amides is 5. The zero-order valence-electron chi connectivity index (χ0n) is 62.0. The number of nitrogens with zero attached hydrogens (tertiary/aromatic N) is 7. The Morgan fingerprint density at radius 1 is 0.818 bits per heavy atom. The molecule has 5 aromatic carbocycles. The Morgan fingerprint density at radius 2 is 1.55 bits per heavy atom. The van der Waals surface area contributed by atoms with Gasteiger partial charge < -0.3 is 69.7 Å². The van der Waals surface area contributed by atoms with Crippen LogP contribution in [0.1, 0.15) is 80.1 Å². The molecule has 31 heteroatoms. The Morgan fingerprint density at radius 3 is 2.27 bits per heavy atom. The SMILES string of the molecule is Cc1ncsc1-c1ccc(CNC(=O)[C@@H]2C[C@@H](O)CN2C(=O)[C@@H](NC(=O)CCOCCOCCC(=O)NCCN2CC(COc3cccc(-c4ccc(Cl)cc4)c3CN3CCN(c4ccc(C(=O)NS(=O)(=O)c5ccc(NCC6CCOCC6)c([N+](=O)[O-])c5)c(Oc5cnc6[nH]ccc6c5)c4)CC3)C2)C(C)(C)C)cc1. The van der Waals surface area contributed by atoms with Crippen LogP contribution in [-0.2, 0) is 56.5 Å². The second-order valence-electron chi connectivity index (χ2n) is 29.2. The van der Waals surface area contributed by atoms with Crippen LogP contribution in [0.3, 0.4) is 0 Å². The molecule has 8 aromatic rings. The van der Waals surface area contributed by atoms with Crippen LogP contribution in [0.4, 0.5) is 17.1 Å². The number of aromatic amines is 1. The van der Waals surface area contributed by atoms with E-state index in [2.05, 4.69) is 61.7 Å². The molecule has 28 nitrogen and oxygen atoms in total. The molecule has 584 valence electrons. The number of anilines is 2. The Kier molecular flexibility index (Phi) is 26.8. The molecule has 4 aliphatic rings. The van der Waals surface area contributed by atoms with Crippen LogP contribution < -0.4 is 40.4 Å². The number of nitro groups is 1. The molecule has 4 saturated heterocycles. The molecule has 7 heterocycles. The molecule has 0 unspecified atom stereocenters. The van der Waals surface area contributed by atoms with E-state index in [1.165, 1.54) is 29.3 Å². The monoisotopic (exact) mass is 1560 g/mol. The molecule has 0 bridgehead atoms. The van der Waals surface area contributed by atoms with Gasteiger partial charge in [0.15, 0.2) is 0 Å². The van der Waals surface area contributed by atoms with E-state index in [1.54, 1.807) is 41.2 Å². The van der Waals surface area contributed by atoms with Gasteiger partial charge in [-0.1, -0.05) is 80.9 Å². The maximum Gasteiger partial charge on any atom is 0.293 e. The van der Waals surface area contributed by atoms with Crippen molar-refractivity contribution < 1.29 is 66.1 Å². The van der Waals surface area contributed by atoms with Crippen molar-refractivity contribution in [3.8, 4) is 38.8 Å². The number of H-pyrrole nitrogens is 1. The van der Waals surface area contributed by atoms with Crippen LogP contribution in [0, 0.1) is 34.3 Å². The number of aliphatic hydroxyl groups is 1. The molecular formula is C79H94ClN13O15S2. The van der Waals surface area contributed by atoms with E-state index >= 15 is 0 Å². The first-order chi connectivity index (χ1) is 53.0. The van der Waals surface area contributed by atoms with Gasteiger partial charge in [0, 0.05) is 157 Å². The first-order valence-corrected chi connectivity index (χ1v) is 39.8. The molecule has 12 rings (SSSR count). The third-order valence-electron chi connectivity index (χ3n) is 20.1. The van der Waals surface area contributed by atoms with Crippen molar-refractivity contribution in [1.29, 1.82) is 0 Å². The first-order valence-electron chi connectivity index (χ1n) is 37.1. The average molecular weight is 1570 g/mol. The number of β-amino-alcohol motifs (C(OH)–C–C–N with tert-alkyl or cyclic N) is 1. The number of likely N-dealkylation sites (tertiary alicyclic amines) is 2. The number of hydrogen-bond donors (Lipinski definition) is 7. The Bertz CT molecular complexity index is 4660. The van der Waals surface area contributed by atoms with Crippen molar-refractivity contribution >= 4 is 90.6 Å². The molecule has 4 fully saturated rings. The number of halogens is 1. The number of benzene rings is 5. The number of fused-ring (bicyclic) bond motifs is 1. The van der Waals surface area contributed by atoms with E-state index in [4.69, 9.17) is 35.3 Å². The Labute approximate surface area is 648 Å². The minimum Gasteiger partial charge on any atom is -0.493 e.